The molecule has 0 spiro atoms. The molecule has 0 fully saturated rings. The van der Waals surface area contributed by atoms with Gasteiger partial charge in [-0.2, -0.15) is 0 Å². The van der Waals surface area contributed by atoms with E-state index in [1.54, 1.807) is 0 Å². The Morgan fingerprint density at radius 3 is 1.95 bits per heavy atom. The van der Waals surface area contributed by atoms with Crippen LogP contribution in [0.5, 0.6) is 0 Å². The van der Waals surface area contributed by atoms with Crippen LogP contribution in [0, 0.1) is 0 Å². The first-order valence-corrected chi connectivity index (χ1v) is 7.17. The van der Waals surface area contributed by atoms with Crippen molar-refractivity contribution in [2.24, 2.45) is 0 Å². The fourth-order valence-corrected chi connectivity index (χ4v) is 1.35. The van der Waals surface area contributed by atoms with E-state index >= 15 is 0 Å². The topological polar surface area (TPSA) is 104 Å². The number of esters is 1. The standard InChI is InChI=1S/C12H22O4.C2H6O2/c1-2-3-4-5-6-7-10-16-12(15)9-8-11(13)14;3-1-2-4/h2-10H2,1H3,(H,13,14);3-4H,1-2H2. The Kier molecular flexibility index (Phi) is 18.9. The number of aliphatic hydroxyl groups excluding tert-OH is 2. The third kappa shape index (κ3) is 22.1. The van der Waals surface area contributed by atoms with Crippen molar-refractivity contribution in [1.82, 2.24) is 0 Å². The molecule has 0 aromatic rings. The molecule has 0 atom stereocenters. The molecule has 0 aliphatic rings. The third-order valence-corrected chi connectivity index (χ3v) is 2.40. The number of carboxylic acids is 1. The molecule has 0 amide bonds. The molecule has 120 valence electrons. The highest BCUT2D eigenvalue weighted by atomic mass is 16.5. The first-order chi connectivity index (χ1) is 9.58. The van der Waals surface area contributed by atoms with Crippen LogP contribution in [0.15, 0.2) is 0 Å². The van der Waals surface area contributed by atoms with Gasteiger partial charge < -0.3 is 20.1 Å². The zero-order valence-corrected chi connectivity index (χ0v) is 12.3. The minimum Gasteiger partial charge on any atom is -0.481 e. The van der Waals surface area contributed by atoms with Crippen LogP contribution in [0.4, 0.5) is 0 Å². The monoisotopic (exact) mass is 292 g/mol. The number of carbonyl (C=O) groups is 2. The molecule has 20 heavy (non-hydrogen) atoms. The quantitative estimate of drug-likeness (QED) is 0.396. The summed E-state index contributed by atoms with van der Waals surface area (Å²) < 4.78 is 4.90. The van der Waals surface area contributed by atoms with Crippen LogP contribution in [0.3, 0.4) is 0 Å². The Morgan fingerprint density at radius 2 is 1.45 bits per heavy atom. The lowest BCUT2D eigenvalue weighted by atomic mass is 10.1. The Hall–Kier alpha value is -1.14. The van der Waals surface area contributed by atoms with Gasteiger partial charge in [0.25, 0.3) is 0 Å². The lowest BCUT2D eigenvalue weighted by Gasteiger charge is -2.03. The van der Waals surface area contributed by atoms with Crippen LogP contribution in [0.25, 0.3) is 0 Å². The molecule has 0 aromatic heterocycles. The van der Waals surface area contributed by atoms with E-state index in [0.717, 1.165) is 12.8 Å². The highest BCUT2D eigenvalue weighted by Gasteiger charge is 2.05. The van der Waals surface area contributed by atoms with E-state index in [4.69, 9.17) is 20.1 Å². The van der Waals surface area contributed by atoms with Crippen molar-refractivity contribution in [3.8, 4) is 0 Å². The summed E-state index contributed by atoms with van der Waals surface area (Å²) in [5.74, 6) is -1.37. The predicted molar refractivity (Wildman–Crippen MR) is 75.4 cm³/mol. The van der Waals surface area contributed by atoms with E-state index in [2.05, 4.69) is 6.92 Å². The second-order valence-electron chi connectivity index (χ2n) is 4.33. The zero-order chi connectivity index (χ0) is 15.6. The predicted octanol–water partition coefficient (Wildman–Crippen LogP) is 1.73. The molecule has 0 rings (SSSR count). The van der Waals surface area contributed by atoms with Crippen LogP contribution in [0.2, 0.25) is 0 Å². The zero-order valence-electron chi connectivity index (χ0n) is 12.3. The molecular weight excluding hydrogens is 264 g/mol. The fraction of sp³-hybridized carbons (Fsp3) is 0.857. The summed E-state index contributed by atoms with van der Waals surface area (Å²) in [6.07, 6.45) is 6.70. The maximum Gasteiger partial charge on any atom is 0.306 e. The van der Waals surface area contributed by atoms with Gasteiger partial charge in [-0.25, -0.2) is 0 Å². The summed E-state index contributed by atoms with van der Waals surface area (Å²) in [6, 6.07) is 0. The third-order valence-electron chi connectivity index (χ3n) is 2.40. The first-order valence-electron chi connectivity index (χ1n) is 7.17. The van der Waals surface area contributed by atoms with Gasteiger partial charge in [0.15, 0.2) is 0 Å². The lowest BCUT2D eigenvalue weighted by molar-refractivity contribution is -0.147. The Labute approximate surface area is 120 Å². The van der Waals surface area contributed by atoms with Gasteiger partial charge in [0.2, 0.25) is 0 Å². The average Bonchev–Trinajstić information content (AvgIpc) is 2.44. The average molecular weight is 292 g/mol. The van der Waals surface area contributed by atoms with Crippen molar-refractivity contribution in [2.45, 2.75) is 58.3 Å². The highest BCUT2D eigenvalue weighted by molar-refractivity contribution is 5.76. The minimum absolute atomic E-state index is 0.0227. The summed E-state index contributed by atoms with van der Waals surface area (Å²) in [5.41, 5.74) is 0. The maximum absolute atomic E-state index is 11.0. The largest absolute Gasteiger partial charge is 0.481 e. The second-order valence-corrected chi connectivity index (χ2v) is 4.33. The number of carbonyl (C=O) groups excluding carboxylic acids is 1. The smallest absolute Gasteiger partial charge is 0.306 e. The summed E-state index contributed by atoms with van der Waals surface area (Å²) in [7, 11) is 0. The van der Waals surface area contributed by atoms with E-state index < -0.39 is 11.9 Å². The number of hydrogen-bond donors (Lipinski definition) is 3. The molecule has 0 heterocycles. The van der Waals surface area contributed by atoms with Crippen molar-refractivity contribution in [2.75, 3.05) is 19.8 Å². The summed E-state index contributed by atoms with van der Waals surface area (Å²) in [5, 5.41) is 23.6. The Bertz CT molecular complexity index is 228. The van der Waals surface area contributed by atoms with Crippen LogP contribution in [-0.4, -0.2) is 47.1 Å². The number of hydrogen-bond acceptors (Lipinski definition) is 5. The number of unbranched alkanes of at least 4 members (excludes halogenated alkanes) is 5. The van der Waals surface area contributed by atoms with Gasteiger partial charge in [0.1, 0.15) is 0 Å². The SMILES string of the molecule is CCCCCCCCOC(=O)CCC(=O)O.OCCO. The van der Waals surface area contributed by atoms with Crippen LogP contribution in [-0.2, 0) is 14.3 Å². The van der Waals surface area contributed by atoms with Gasteiger partial charge in [-0.15, -0.1) is 0 Å². The van der Waals surface area contributed by atoms with Crippen molar-refractivity contribution >= 4 is 11.9 Å². The molecule has 0 aromatic carbocycles. The molecule has 0 aliphatic heterocycles. The van der Waals surface area contributed by atoms with Gasteiger partial charge in [0.05, 0.1) is 32.7 Å². The fourth-order valence-electron chi connectivity index (χ4n) is 1.35. The molecule has 6 heteroatoms. The van der Waals surface area contributed by atoms with Crippen molar-refractivity contribution in [1.29, 1.82) is 0 Å². The number of ether oxygens (including phenoxy) is 1. The van der Waals surface area contributed by atoms with Crippen molar-refractivity contribution in [3.63, 3.8) is 0 Å². The molecule has 0 radical (unpaired) electrons. The van der Waals surface area contributed by atoms with Crippen LogP contribution in [0.1, 0.15) is 58.3 Å². The molecular formula is C14H28O6. The lowest BCUT2D eigenvalue weighted by Crippen LogP contribution is -2.08. The molecule has 6 nitrogen and oxygen atoms in total. The summed E-state index contributed by atoms with van der Waals surface area (Å²) >= 11 is 0. The normalized spacial score (nSPS) is 9.55. The van der Waals surface area contributed by atoms with E-state index in [0.29, 0.717) is 6.61 Å². The number of aliphatic carboxylic acids is 1. The van der Waals surface area contributed by atoms with Crippen molar-refractivity contribution < 1.29 is 29.6 Å². The number of rotatable bonds is 11. The summed E-state index contributed by atoms with van der Waals surface area (Å²) in [4.78, 5) is 21.2. The van der Waals surface area contributed by atoms with Crippen LogP contribution < -0.4 is 0 Å². The van der Waals surface area contributed by atoms with Gasteiger partial charge >= 0.3 is 11.9 Å². The molecule has 3 N–H and O–H groups in total. The first kappa shape index (κ1) is 21.2. The van der Waals surface area contributed by atoms with Gasteiger partial charge in [-0.3, -0.25) is 9.59 Å². The Balaban J connectivity index is 0. The van der Waals surface area contributed by atoms with Crippen molar-refractivity contribution in [3.05, 3.63) is 0 Å². The molecule has 0 bridgehead atoms. The van der Waals surface area contributed by atoms with E-state index in [1.807, 2.05) is 0 Å². The molecule has 0 saturated carbocycles. The number of carboxylic acid groups (broad SMARTS) is 1. The van der Waals surface area contributed by atoms with Gasteiger partial charge in [-0.05, 0) is 6.42 Å². The second kappa shape index (κ2) is 17.9. The van der Waals surface area contributed by atoms with Crippen LogP contribution >= 0.6 is 0 Å². The van der Waals surface area contributed by atoms with E-state index in [1.165, 1.54) is 25.7 Å². The van der Waals surface area contributed by atoms with E-state index in [-0.39, 0.29) is 26.1 Å². The van der Waals surface area contributed by atoms with E-state index in [9.17, 15) is 9.59 Å². The maximum atomic E-state index is 11.0. The minimum atomic E-state index is -0.962. The van der Waals surface area contributed by atoms with Gasteiger partial charge in [-0.1, -0.05) is 39.0 Å². The highest BCUT2D eigenvalue weighted by Crippen LogP contribution is 2.05. The van der Waals surface area contributed by atoms with Gasteiger partial charge in [0, 0.05) is 0 Å². The Morgan fingerprint density at radius 1 is 0.900 bits per heavy atom. The summed E-state index contributed by atoms with van der Waals surface area (Å²) in [6.45, 7) is 2.34. The molecule has 0 saturated heterocycles. The molecule has 0 aliphatic carbocycles. The number of aliphatic hydroxyl groups is 2. The molecule has 0 unspecified atom stereocenters.